The highest BCUT2D eigenvalue weighted by molar-refractivity contribution is 6.31. The summed E-state index contributed by atoms with van der Waals surface area (Å²) in [4.78, 5) is 0. The Kier molecular flexibility index (Phi) is 5.69. The van der Waals surface area contributed by atoms with E-state index in [1.54, 1.807) is 7.11 Å². The van der Waals surface area contributed by atoms with Gasteiger partial charge in [0.05, 0.1) is 6.61 Å². The normalized spacial score (nSPS) is 12.7. The second-order valence-electron chi connectivity index (χ2n) is 3.51. The summed E-state index contributed by atoms with van der Waals surface area (Å²) in [5, 5.41) is 4.21. The molecule has 2 nitrogen and oxygen atoms in total. The number of ether oxygens (including phenoxy) is 1. The van der Waals surface area contributed by atoms with E-state index in [2.05, 4.69) is 18.3 Å². The molecule has 0 aliphatic heterocycles. The number of nitrogens with one attached hydrogen (secondary N) is 1. The Bertz CT molecular complexity index is 285. The molecule has 0 aromatic heterocycles. The SMILES string of the molecule is CCNC(COC)Cc1ccccc1Cl. The summed E-state index contributed by atoms with van der Waals surface area (Å²) in [5.74, 6) is 0. The number of methoxy groups -OCH3 is 1. The highest BCUT2D eigenvalue weighted by Crippen LogP contribution is 2.16. The first kappa shape index (κ1) is 12.5. The fraction of sp³-hybridized carbons (Fsp3) is 0.500. The topological polar surface area (TPSA) is 21.3 Å². The van der Waals surface area contributed by atoms with Gasteiger partial charge in [0.1, 0.15) is 0 Å². The van der Waals surface area contributed by atoms with Crippen molar-refractivity contribution >= 4 is 11.6 Å². The summed E-state index contributed by atoms with van der Waals surface area (Å²) in [6.07, 6.45) is 0.904. The molecule has 1 rings (SSSR count). The van der Waals surface area contributed by atoms with E-state index in [-0.39, 0.29) is 0 Å². The van der Waals surface area contributed by atoms with Gasteiger partial charge in [-0.2, -0.15) is 0 Å². The number of likely N-dealkylation sites (N-methyl/N-ethyl adjacent to an activating group) is 1. The average Bonchev–Trinajstić information content (AvgIpc) is 2.22. The molecule has 0 fully saturated rings. The molecule has 3 heteroatoms. The largest absolute Gasteiger partial charge is 0.383 e. The molecule has 1 aromatic rings. The molecule has 84 valence electrons. The molecule has 0 amide bonds. The fourth-order valence-electron chi connectivity index (χ4n) is 1.61. The molecule has 0 heterocycles. The van der Waals surface area contributed by atoms with E-state index in [9.17, 15) is 0 Å². The molecule has 15 heavy (non-hydrogen) atoms. The van der Waals surface area contributed by atoms with Crippen LogP contribution in [0.25, 0.3) is 0 Å². The lowest BCUT2D eigenvalue weighted by Gasteiger charge is -2.17. The molecule has 0 bridgehead atoms. The van der Waals surface area contributed by atoms with Gasteiger partial charge in [-0.3, -0.25) is 0 Å². The highest BCUT2D eigenvalue weighted by atomic mass is 35.5. The zero-order valence-electron chi connectivity index (χ0n) is 9.29. The predicted molar refractivity (Wildman–Crippen MR) is 64.5 cm³/mol. The Balaban J connectivity index is 2.60. The van der Waals surface area contributed by atoms with Gasteiger partial charge in [-0.05, 0) is 24.6 Å². The lowest BCUT2D eigenvalue weighted by molar-refractivity contribution is 0.167. The third kappa shape index (κ3) is 4.20. The first-order valence-corrected chi connectivity index (χ1v) is 5.61. The summed E-state index contributed by atoms with van der Waals surface area (Å²) in [5.41, 5.74) is 1.17. The van der Waals surface area contributed by atoms with Crippen LogP contribution in [0.5, 0.6) is 0 Å². The van der Waals surface area contributed by atoms with Crippen molar-refractivity contribution in [2.45, 2.75) is 19.4 Å². The maximum Gasteiger partial charge on any atom is 0.0619 e. The Labute approximate surface area is 96.6 Å². The lowest BCUT2D eigenvalue weighted by atomic mass is 10.1. The number of benzene rings is 1. The Morgan fingerprint density at radius 3 is 2.73 bits per heavy atom. The molecule has 0 spiro atoms. The van der Waals surface area contributed by atoms with Gasteiger partial charge in [0.25, 0.3) is 0 Å². The molecule has 0 saturated heterocycles. The van der Waals surface area contributed by atoms with Gasteiger partial charge in [0.2, 0.25) is 0 Å². The number of hydrogen-bond acceptors (Lipinski definition) is 2. The molecule has 1 aromatic carbocycles. The van der Waals surface area contributed by atoms with Crippen LogP contribution >= 0.6 is 11.6 Å². The van der Waals surface area contributed by atoms with E-state index < -0.39 is 0 Å². The van der Waals surface area contributed by atoms with Crippen molar-refractivity contribution in [1.82, 2.24) is 5.32 Å². The molecule has 1 unspecified atom stereocenters. The first-order valence-electron chi connectivity index (χ1n) is 5.23. The molecule has 0 aliphatic rings. The third-order valence-corrected chi connectivity index (χ3v) is 2.65. The molecule has 0 radical (unpaired) electrons. The van der Waals surface area contributed by atoms with Crippen LogP contribution in [0, 0.1) is 0 Å². The van der Waals surface area contributed by atoms with Crippen LogP contribution in [-0.4, -0.2) is 26.3 Å². The lowest BCUT2D eigenvalue weighted by Crippen LogP contribution is -2.35. The maximum atomic E-state index is 6.10. The van der Waals surface area contributed by atoms with Crippen molar-refractivity contribution in [1.29, 1.82) is 0 Å². The molecule has 0 aliphatic carbocycles. The predicted octanol–water partition coefficient (Wildman–Crippen LogP) is 2.51. The summed E-state index contributed by atoms with van der Waals surface area (Å²) in [7, 11) is 1.72. The fourth-order valence-corrected chi connectivity index (χ4v) is 1.82. The van der Waals surface area contributed by atoms with Crippen molar-refractivity contribution in [3.8, 4) is 0 Å². The van der Waals surface area contributed by atoms with Gasteiger partial charge in [0.15, 0.2) is 0 Å². The standard InChI is InChI=1S/C12H18ClNO/c1-3-14-11(9-15-2)8-10-6-4-5-7-12(10)13/h4-7,11,14H,3,8-9H2,1-2H3. The molecule has 1 N–H and O–H groups in total. The van der Waals surface area contributed by atoms with Gasteiger partial charge in [0, 0.05) is 18.2 Å². The van der Waals surface area contributed by atoms with Gasteiger partial charge in [-0.1, -0.05) is 36.7 Å². The van der Waals surface area contributed by atoms with Crippen LogP contribution in [0.4, 0.5) is 0 Å². The molecule has 1 atom stereocenters. The minimum atomic E-state index is 0.333. The zero-order valence-corrected chi connectivity index (χ0v) is 10.1. The second kappa shape index (κ2) is 6.83. The van der Waals surface area contributed by atoms with Crippen LogP contribution in [0.15, 0.2) is 24.3 Å². The van der Waals surface area contributed by atoms with Crippen molar-refractivity contribution in [2.24, 2.45) is 0 Å². The monoisotopic (exact) mass is 227 g/mol. The van der Waals surface area contributed by atoms with E-state index in [1.165, 1.54) is 5.56 Å². The van der Waals surface area contributed by atoms with Crippen LogP contribution in [0.3, 0.4) is 0 Å². The molecular formula is C12H18ClNO. The number of hydrogen-bond donors (Lipinski definition) is 1. The van der Waals surface area contributed by atoms with E-state index in [0.29, 0.717) is 12.6 Å². The van der Waals surface area contributed by atoms with Crippen LogP contribution < -0.4 is 5.32 Å². The third-order valence-electron chi connectivity index (χ3n) is 2.28. The van der Waals surface area contributed by atoms with Crippen molar-refractivity contribution in [2.75, 3.05) is 20.3 Å². The zero-order chi connectivity index (χ0) is 11.1. The summed E-state index contributed by atoms with van der Waals surface area (Å²) in [6, 6.07) is 8.27. The van der Waals surface area contributed by atoms with Crippen molar-refractivity contribution in [3.05, 3.63) is 34.9 Å². The summed E-state index contributed by atoms with van der Waals surface area (Å²) >= 11 is 6.10. The van der Waals surface area contributed by atoms with Gasteiger partial charge < -0.3 is 10.1 Å². The van der Waals surface area contributed by atoms with Gasteiger partial charge >= 0.3 is 0 Å². The first-order chi connectivity index (χ1) is 7.27. The average molecular weight is 228 g/mol. The van der Waals surface area contributed by atoms with Gasteiger partial charge in [-0.25, -0.2) is 0 Å². The number of halogens is 1. The molecule has 0 saturated carbocycles. The highest BCUT2D eigenvalue weighted by Gasteiger charge is 2.09. The maximum absolute atomic E-state index is 6.10. The molecular weight excluding hydrogens is 210 g/mol. The van der Waals surface area contributed by atoms with Crippen molar-refractivity contribution in [3.63, 3.8) is 0 Å². The number of rotatable bonds is 6. The quantitative estimate of drug-likeness (QED) is 0.807. The van der Waals surface area contributed by atoms with E-state index in [4.69, 9.17) is 16.3 Å². The Morgan fingerprint density at radius 2 is 2.13 bits per heavy atom. The smallest absolute Gasteiger partial charge is 0.0619 e. The van der Waals surface area contributed by atoms with Crippen molar-refractivity contribution < 1.29 is 4.74 Å². The van der Waals surface area contributed by atoms with Crippen LogP contribution in [0.1, 0.15) is 12.5 Å². The second-order valence-corrected chi connectivity index (χ2v) is 3.91. The van der Waals surface area contributed by atoms with Gasteiger partial charge in [-0.15, -0.1) is 0 Å². The van der Waals surface area contributed by atoms with E-state index in [1.807, 2.05) is 18.2 Å². The van der Waals surface area contributed by atoms with Crippen LogP contribution in [-0.2, 0) is 11.2 Å². The minimum Gasteiger partial charge on any atom is -0.383 e. The minimum absolute atomic E-state index is 0.333. The van der Waals surface area contributed by atoms with E-state index in [0.717, 1.165) is 18.0 Å². The van der Waals surface area contributed by atoms with Crippen LogP contribution in [0.2, 0.25) is 5.02 Å². The van der Waals surface area contributed by atoms with E-state index >= 15 is 0 Å². The summed E-state index contributed by atoms with van der Waals surface area (Å²) < 4.78 is 5.16. The Morgan fingerprint density at radius 1 is 1.40 bits per heavy atom. The Hall–Kier alpha value is -0.570. The summed E-state index contributed by atoms with van der Waals surface area (Å²) in [6.45, 7) is 3.74.